The van der Waals surface area contributed by atoms with Gasteiger partial charge in [-0.15, -0.1) is 0 Å². The summed E-state index contributed by atoms with van der Waals surface area (Å²) >= 11 is 0. The predicted octanol–water partition coefficient (Wildman–Crippen LogP) is 13.5. The summed E-state index contributed by atoms with van der Waals surface area (Å²) in [7, 11) is 0. The Morgan fingerprint density at radius 3 is 1.53 bits per heavy atom. The number of aromatic nitrogens is 2. The minimum absolute atomic E-state index is 0.115. The molecule has 2 heterocycles. The third kappa shape index (κ3) is 4.39. The summed E-state index contributed by atoms with van der Waals surface area (Å²) in [5, 5.41) is 5.09. The van der Waals surface area contributed by atoms with Crippen molar-refractivity contribution in [2.24, 2.45) is 0 Å². The lowest BCUT2D eigenvalue weighted by Crippen LogP contribution is -2.14. The van der Waals surface area contributed by atoms with Crippen LogP contribution in [0.4, 0.5) is 0 Å². The molecule has 8 aromatic carbocycles. The fourth-order valence-corrected chi connectivity index (χ4v) is 9.11. The van der Waals surface area contributed by atoms with Crippen molar-refractivity contribution in [1.29, 1.82) is 0 Å². The van der Waals surface area contributed by atoms with Gasteiger partial charge in [0.2, 0.25) is 0 Å². The van der Waals surface area contributed by atoms with Gasteiger partial charge in [0, 0.05) is 38.3 Å². The van der Waals surface area contributed by atoms with Gasteiger partial charge >= 0.3 is 0 Å². The number of hydrogen-bond donors (Lipinski definition) is 0. The zero-order valence-corrected chi connectivity index (χ0v) is 29.7. The minimum Gasteiger partial charge on any atom is -0.309 e. The molecule has 0 saturated heterocycles. The van der Waals surface area contributed by atoms with Gasteiger partial charge in [0.05, 0.1) is 22.1 Å². The van der Waals surface area contributed by atoms with Crippen molar-refractivity contribution in [3.63, 3.8) is 0 Å². The molecule has 0 unspecified atom stereocenters. The Labute approximate surface area is 308 Å². The zero-order chi connectivity index (χ0) is 35.3. The van der Waals surface area contributed by atoms with E-state index in [1.165, 1.54) is 99.5 Å². The van der Waals surface area contributed by atoms with Crippen molar-refractivity contribution in [3.8, 4) is 44.8 Å². The molecule has 0 spiro atoms. The quantitative estimate of drug-likeness (QED) is 0.176. The van der Waals surface area contributed by atoms with Crippen LogP contribution in [0.1, 0.15) is 25.0 Å². The van der Waals surface area contributed by atoms with Gasteiger partial charge in [-0.05, 0) is 105 Å². The third-order valence-electron chi connectivity index (χ3n) is 11.7. The highest BCUT2D eigenvalue weighted by Crippen LogP contribution is 2.52. The fraction of sp³-hybridized carbons (Fsp3) is 0.0588. The average molecular weight is 677 g/mol. The van der Waals surface area contributed by atoms with E-state index in [4.69, 9.17) is 0 Å². The van der Waals surface area contributed by atoms with E-state index in [2.05, 4.69) is 205 Å². The first-order valence-corrected chi connectivity index (χ1v) is 18.5. The van der Waals surface area contributed by atoms with E-state index in [9.17, 15) is 0 Å². The maximum atomic E-state index is 2.48. The van der Waals surface area contributed by atoms with E-state index in [0.717, 1.165) is 0 Å². The van der Waals surface area contributed by atoms with Crippen LogP contribution in [0.5, 0.6) is 0 Å². The first-order chi connectivity index (χ1) is 26.0. The SMILES string of the molecule is CC1(C)c2ccc(-c3ccc(-c4ccccc4)cc3)cc2-c2cc3c(cc21)c1ccccc1n3-c1ccc2c(c1)c1ccccc1n2-c1ccccc1. The molecule has 11 rings (SSSR count). The number of benzene rings is 8. The normalized spacial score (nSPS) is 13.2. The first kappa shape index (κ1) is 30.0. The molecule has 2 aromatic heterocycles. The summed E-state index contributed by atoms with van der Waals surface area (Å²) in [6, 6.07) is 67.0. The molecule has 0 N–H and O–H groups in total. The second-order valence-corrected chi connectivity index (χ2v) is 15.0. The maximum Gasteiger partial charge on any atom is 0.0547 e. The van der Waals surface area contributed by atoms with Gasteiger partial charge in [0.1, 0.15) is 0 Å². The molecule has 0 radical (unpaired) electrons. The fourth-order valence-electron chi connectivity index (χ4n) is 9.11. The Kier molecular flexibility index (Phi) is 6.33. The van der Waals surface area contributed by atoms with Crippen LogP contribution in [0, 0.1) is 0 Å². The first-order valence-electron chi connectivity index (χ1n) is 18.5. The average Bonchev–Trinajstić information content (AvgIpc) is 3.80. The van der Waals surface area contributed by atoms with Crippen LogP contribution >= 0.6 is 0 Å². The molecule has 0 saturated carbocycles. The standard InChI is InChI=1S/C51H36N2/c1-51(2)45-27-25-36(35-23-21-34(22-24-35)33-13-5-3-6-14-33)29-41(45)42-32-50-44(31-46(42)51)40-18-10-12-20-48(40)53(50)38-26-28-49-43(30-38)39-17-9-11-19-47(39)52(49)37-15-7-4-8-16-37/h3-32H,1-2H3. The Morgan fingerprint density at radius 2 is 0.830 bits per heavy atom. The molecule has 0 aliphatic heterocycles. The van der Waals surface area contributed by atoms with E-state index in [1.807, 2.05) is 0 Å². The Balaban J connectivity index is 1.11. The van der Waals surface area contributed by atoms with Gasteiger partial charge in [-0.25, -0.2) is 0 Å². The topological polar surface area (TPSA) is 9.86 Å². The number of hydrogen-bond acceptors (Lipinski definition) is 0. The number of nitrogens with zero attached hydrogens (tertiary/aromatic N) is 2. The van der Waals surface area contributed by atoms with E-state index in [0.29, 0.717) is 0 Å². The molecule has 250 valence electrons. The van der Waals surface area contributed by atoms with Crippen LogP contribution < -0.4 is 0 Å². The lowest BCUT2D eigenvalue weighted by molar-refractivity contribution is 0.661. The number of rotatable bonds is 4. The molecular weight excluding hydrogens is 641 g/mol. The largest absolute Gasteiger partial charge is 0.309 e. The van der Waals surface area contributed by atoms with Gasteiger partial charge < -0.3 is 9.13 Å². The summed E-state index contributed by atoms with van der Waals surface area (Å²) in [6.45, 7) is 4.76. The van der Waals surface area contributed by atoms with Crippen molar-refractivity contribution in [3.05, 3.63) is 193 Å². The van der Waals surface area contributed by atoms with Crippen LogP contribution in [-0.4, -0.2) is 9.13 Å². The summed E-state index contributed by atoms with van der Waals surface area (Å²) in [4.78, 5) is 0. The minimum atomic E-state index is -0.115. The van der Waals surface area contributed by atoms with Gasteiger partial charge in [-0.1, -0.05) is 135 Å². The lowest BCUT2D eigenvalue weighted by Gasteiger charge is -2.21. The zero-order valence-electron chi connectivity index (χ0n) is 29.7. The van der Waals surface area contributed by atoms with Crippen LogP contribution in [0.25, 0.3) is 88.4 Å². The van der Waals surface area contributed by atoms with Crippen LogP contribution in [0.3, 0.4) is 0 Å². The van der Waals surface area contributed by atoms with Crippen LogP contribution in [-0.2, 0) is 5.41 Å². The highest BCUT2D eigenvalue weighted by molar-refractivity contribution is 6.13. The third-order valence-corrected chi connectivity index (χ3v) is 11.7. The molecule has 0 atom stereocenters. The van der Waals surface area contributed by atoms with E-state index < -0.39 is 0 Å². The van der Waals surface area contributed by atoms with E-state index >= 15 is 0 Å². The molecule has 0 amide bonds. The lowest BCUT2D eigenvalue weighted by atomic mass is 9.81. The molecule has 0 bridgehead atoms. The summed E-state index contributed by atoms with van der Waals surface area (Å²) in [5.74, 6) is 0. The molecule has 2 nitrogen and oxygen atoms in total. The van der Waals surface area contributed by atoms with Crippen LogP contribution in [0.15, 0.2) is 182 Å². The summed E-state index contributed by atoms with van der Waals surface area (Å²) in [5.41, 5.74) is 17.5. The summed E-state index contributed by atoms with van der Waals surface area (Å²) < 4.78 is 4.87. The molecular formula is C51H36N2. The Bertz CT molecular complexity index is 3050. The molecule has 1 aliphatic rings. The van der Waals surface area contributed by atoms with Crippen molar-refractivity contribution >= 4 is 43.6 Å². The molecule has 1 aliphatic carbocycles. The van der Waals surface area contributed by atoms with Gasteiger partial charge in [0.25, 0.3) is 0 Å². The Hall–Kier alpha value is -6.64. The second-order valence-electron chi connectivity index (χ2n) is 15.0. The van der Waals surface area contributed by atoms with Gasteiger partial charge in [0.15, 0.2) is 0 Å². The molecule has 53 heavy (non-hydrogen) atoms. The second kappa shape index (κ2) is 11.2. The monoisotopic (exact) mass is 676 g/mol. The van der Waals surface area contributed by atoms with Crippen molar-refractivity contribution < 1.29 is 0 Å². The van der Waals surface area contributed by atoms with E-state index in [1.54, 1.807) is 0 Å². The molecule has 2 heteroatoms. The smallest absolute Gasteiger partial charge is 0.0547 e. The highest BCUT2D eigenvalue weighted by atomic mass is 15.0. The predicted molar refractivity (Wildman–Crippen MR) is 224 cm³/mol. The number of fused-ring (bicyclic) bond motifs is 9. The van der Waals surface area contributed by atoms with Gasteiger partial charge in [-0.2, -0.15) is 0 Å². The number of para-hydroxylation sites is 3. The molecule has 0 fully saturated rings. The van der Waals surface area contributed by atoms with Gasteiger partial charge in [-0.3, -0.25) is 0 Å². The molecule has 10 aromatic rings. The van der Waals surface area contributed by atoms with E-state index in [-0.39, 0.29) is 5.41 Å². The van der Waals surface area contributed by atoms with Crippen molar-refractivity contribution in [1.82, 2.24) is 9.13 Å². The highest BCUT2D eigenvalue weighted by Gasteiger charge is 2.36. The van der Waals surface area contributed by atoms with Crippen molar-refractivity contribution in [2.45, 2.75) is 19.3 Å². The Morgan fingerprint density at radius 1 is 0.321 bits per heavy atom. The summed E-state index contributed by atoms with van der Waals surface area (Å²) in [6.07, 6.45) is 0. The maximum absolute atomic E-state index is 2.48. The van der Waals surface area contributed by atoms with Crippen LogP contribution in [0.2, 0.25) is 0 Å². The van der Waals surface area contributed by atoms with Crippen molar-refractivity contribution in [2.75, 3.05) is 0 Å².